The highest BCUT2D eigenvalue weighted by molar-refractivity contribution is 5.97. The molecule has 1 aromatic carbocycles. The number of hydrogen-bond acceptors (Lipinski definition) is 3. The molecule has 1 aromatic heterocycles. The summed E-state index contributed by atoms with van der Waals surface area (Å²) in [7, 11) is 0. The average Bonchev–Trinajstić information content (AvgIpc) is 2.84. The molecule has 0 radical (unpaired) electrons. The van der Waals surface area contributed by atoms with E-state index in [0.29, 0.717) is 6.61 Å². The van der Waals surface area contributed by atoms with Crippen LogP contribution in [0.3, 0.4) is 0 Å². The number of hydrogen-bond donors (Lipinski definition) is 0. The Morgan fingerprint density at radius 2 is 2.13 bits per heavy atom. The summed E-state index contributed by atoms with van der Waals surface area (Å²) in [5, 5.41) is 1.03. The minimum absolute atomic E-state index is 0.266. The van der Waals surface area contributed by atoms with E-state index in [-0.39, 0.29) is 5.97 Å². The van der Waals surface area contributed by atoms with E-state index in [0.717, 1.165) is 22.1 Å². The monoisotopic (exact) mass is 200 g/mol. The Hall–Kier alpha value is -2.03. The average molecular weight is 200 g/mol. The molecule has 0 aliphatic carbocycles. The van der Waals surface area contributed by atoms with Crippen LogP contribution in [-0.4, -0.2) is 12.6 Å². The van der Waals surface area contributed by atoms with Crippen LogP contribution in [0.25, 0.3) is 16.5 Å². The molecule has 3 nitrogen and oxygen atoms in total. The molecule has 1 aliphatic rings. The molecule has 0 amide bonds. The summed E-state index contributed by atoms with van der Waals surface area (Å²) in [6, 6.07) is 7.72. The summed E-state index contributed by atoms with van der Waals surface area (Å²) in [6.45, 7) is 0.363. The zero-order valence-corrected chi connectivity index (χ0v) is 7.90. The van der Waals surface area contributed by atoms with Crippen molar-refractivity contribution in [1.29, 1.82) is 0 Å². The van der Waals surface area contributed by atoms with Crippen molar-refractivity contribution in [1.82, 2.24) is 0 Å². The number of furan rings is 1. The SMILES string of the molecule is O=C1C=C(c2ccc3occc3c2)CO1. The van der Waals surface area contributed by atoms with E-state index in [1.165, 1.54) is 6.08 Å². The van der Waals surface area contributed by atoms with Crippen molar-refractivity contribution >= 4 is 22.5 Å². The highest BCUT2D eigenvalue weighted by Crippen LogP contribution is 2.24. The van der Waals surface area contributed by atoms with E-state index >= 15 is 0 Å². The summed E-state index contributed by atoms with van der Waals surface area (Å²) in [5.74, 6) is -0.266. The molecule has 0 saturated heterocycles. The van der Waals surface area contributed by atoms with Gasteiger partial charge in [0.25, 0.3) is 0 Å². The first-order valence-corrected chi connectivity index (χ1v) is 4.68. The minimum atomic E-state index is -0.266. The molecule has 0 spiro atoms. The van der Waals surface area contributed by atoms with Gasteiger partial charge in [0.15, 0.2) is 0 Å². The summed E-state index contributed by atoms with van der Waals surface area (Å²) >= 11 is 0. The molecule has 0 fully saturated rings. The van der Waals surface area contributed by atoms with E-state index in [1.54, 1.807) is 6.26 Å². The van der Waals surface area contributed by atoms with Gasteiger partial charge in [0, 0.05) is 17.0 Å². The van der Waals surface area contributed by atoms with Crippen LogP contribution < -0.4 is 0 Å². The fourth-order valence-electron chi connectivity index (χ4n) is 1.71. The maximum absolute atomic E-state index is 10.9. The first-order valence-electron chi connectivity index (χ1n) is 4.68. The lowest BCUT2D eigenvalue weighted by Crippen LogP contribution is -1.91. The summed E-state index contributed by atoms with van der Waals surface area (Å²) < 4.78 is 10.1. The van der Waals surface area contributed by atoms with Crippen LogP contribution in [0.2, 0.25) is 0 Å². The second kappa shape index (κ2) is 2.98. The second-order valence-electron chi connectivity index (χ2n) is 3.45. The minimum Gasteiger partial charge on any atom is -0.464 e. The zero-order chi connectivity index (χ0) is 10.3. The topological polar surface area (TPSA) is 39.4 Å². The first-order chi connectivity index (χ1) is 7.33. The quantitative estimate of drug-likeness (QED) is 0.663. The lowest BCUT2D eigenvalue weighted by Gasteiger charge is -1.99. The van der Waals surface area contributed by atoms with Crippen LogP contribution in [0.15, 0.2) is 41.0 Å². The molecule has 0 unspecified atom stereocenters. The highest BCUT2D eigenvalue weighted by atomic mass is 16.5. The van der Waals surface area contributed by atoms with Gasteiger partial charge >= 0.3 is 5.97 Å². The van der Waals surface area contributed by atoms with Gasteiger partial charge in [0.05, 0.1) is 6.26 Å². The molecule has 0 atom stereocenters. The van der Waals surface area contributed by atoms with E-state index in [1.807, 2.05) is 24.3 Å². The molecule has 3 heteroatoms. The van der Waals surface area contributed by atoms with Gasteiger partial charge in [-0.25, -0.2) is 4.79 Å². The summed E-state index contributed by atoms with van der Waals surface area (Å²) in [6.07, 6.45) is 3.18. The third-order valence-corrected chi connectivity index (χ3v) is 2.49. The van der Waals surface area contributed by atoms with E-state index in [2.05, 4.69) is 0 Å². The number of cyclic esters (lactones) is 1. The first kappa shape index (κ1) is 8.29. The van der Waals surface area contributed by atoms with Crippen molar-refractivity contribution in [3.63, 3.8) is 0 Å². The van der Waals surface area contributed by atoms with Crippen molar-refractivity contribution in [3.8, 4) is 0 Å². The fraction of sp³-hybridized carbons (Fsp3) is 0.0833. The predicted octanol–water partition coefficient (Wildman–Crippen LogP) is 2.37. The molecule has 2 aromatic rings. The van der Waals surface area contributed by atoms with Crippen LogP contribution in [0.1, 0.15) is 5.56 Å². The molecule has 0 saturated carbocycles. The fourth-order valence-corrected chi connectivity index (χ4v) is 1.71. The highest BCUT2D eigenvalue weighted by Gasteiger charge is 2.14. The number of carbonyl (C=O) groups excluding carboxylic acids is 1. The molecule has 15 heavy (non-hydrogen) atoms. The van der Waals surface area contributed by atoms with Crippen molar-refractivity contribution < 1.29 is 13.9 Å². The van der Waals surface area contributed by atoms with Gasteiger partial charge in [0.2, 0.25) is 0 Å². The van der Waals surface area contributed by atoms with Gasteiger partial charge in [-0.1, -0.05) is 6.07 Å². The Labute approximate surface area is 85.9 Å². The Morgan fingerprint density at radius 3 is 2.93 bits per heavy atom. The smallest absolute Gasteiger partial charge is 0.331 e. The molecular weight excluding hydrogens is 192 g/mol. The Morgan fingerprint density at radius 1 is 1.20 bits per heavy atom. The number of esters is 1. The molecule has 0 bridgehead atoms. The zero-order valence-electron chi connectivity index (χ0n) is 7.90. The number of ether oxygens (including phenoxy) is 1. The lowest BCUT2D eigenvalue weighted by molar-refractivity contribution is -0.134. The van der Waals surface area contributed by atoms with Crippen LogP contribution in [0.5, 0.6) is 0 Å². The Kier molecular flexibility index (Phi) is 1.65. The summed E-state index contributed by atoms with van der Waals surface area (Å²) in [5.41, 5.74) is 2.78. The van der Waals surface area contributed by atoms with Crippen molar-refractivity contribution in [2.24, 2.45) is 0 Å². The third-order valence-electron chi connectivity index (χ3n) is 2.49. The normalized spacial score (nSPS) is 15.5. The molecule has 0 N–H and O–H groups in total. The van der Waals surface area contributed by atoms with Crippen LogP contribution >= 0.6 is 0 Å². The number of fused-ring (bicyclic) bond motifs is 1. The molecule has 3 rings (SSSR count). The number of carbonyl (C=O) groups is 1. The van der Waals surface area contributed by atoms with E-state index in [4.69, 9.17) is 9.15 Å². The third kappa shape index (κ3) is 1.32. The Bertz CT molecular complexity index is 563. The van der Waals surface area contributed by atoms with Crippen molar-refractivity contribution in [2.45, 2.75) is 0 Å². The van der Waals surface area contributed by atoms with E-state index in [9.17, 15) is 4.79 Å². The molecule has 74 valence electrons. The molecule has 2 heterocycles. The number of rotatable bonds is 1. The Balaban J connectivity index is 2.11. The summed E-state index contributed by atoms with van der Waals surface area (Å²) in [4.78, 5) is 10.9. The standard InChI is InChI=1S/C12H8O3/c13-12-6-10(7-15-12)8-1-2-11-9(5-8)3-4-14-11/h1-6H,7H2. The largest absolute Gasteiger partial charge is 0.464 e. The second-order valence-corrected chi connectivity index (χ2v) is 3.45. The van der Waals surface area contributed by atoms with Crippen LogP contribution in [0, 0.1) is 0 Å². The van der Waals surface area contributed by atoms with E-state index < -0.39 is 0 Å². The van der Waals surface area contributed by atoms with Gasteiger partial charge in [-0.05, 0) is 23.8 Å². The van der Waals surface area contributed by atoms with Gasteiger partial charge in [0.1, 0.15) is 12.2 Å². The van der Waals surface area contributed by atoms with Gasteiger partial charge in [-0.15, -0.1) is 0 Å². The van der Waals surface area contributed by atoms with Crippen LogP contribution in [0.4, 0.5) is 0 Å². The van der Waals surface area contributed by atoms with Crippen molar-refractivity contribution in [3.05, 3.63) is 42.2 Å². The van der Waals surface area contributed by atoms with Gasteiger partial charge in [-0.3, -0.25) is 0 Å². The maximum Gasteiger partial charge on any atom is 0.331 e. The van der Waals surface area contributed by atoms with Gasteiger partial charge in [-0.2, -0.15) is 0 Å². The number of benzene rings is 1. The van der Waals surface area contributed by atoms with Crippen molar-refractivity contribution in [2.75, 3.05) is 6.61 Å². The predicted molar refractivity (Wildman–Crippen MR) is 55.2 cm³/mol. The molecule has 1 aliphatic heterocycles. The van der Waals surface area contributed by atoms with Crippen LogP contribution in [-0.2, 0) is 9.53 Å². The van der Waals surface area contributed by atoms with Gasteiger partial charge < -0.3 is 9.15 Å². The molecular formula is C12H8O3. The lowest BCUT2D eigenvalue weighted by atomic mass is 10.1. The maximum atomic E-state index is 10.9.